The summed E-state index contributed by atoms with van der Waals surface area (Å²) in [5.74, 6) is 1.48. The van der Waals surface area contributed by atoms with Gasteiger partial charge in [0.15, 0.2) is 5.76 Å². The Bertz CT molecular complexity index is 824. The zero-order chi connectivity index (χ0) is 17.1. The molecule has 130 valence electrons. The lowest BCUT2D eigenvalue weighted by Crippen LogP contribution is -2.14. The Morgan fingerprint density at radius 2 is 1.96 bits per heavy atom. The second-order valence-corrected chi connectivity index (χ2v) is 6.70. The van der Waals surface area contributed by atoms with Gasteiger partial charge in [0.2, 0.25) is 5.76 Å². The Kier molecular flexibility index (Phi) is 4.55. The molecule has 5 nitrogen and oxygen atoms in total. The third-order valence-electron chi connectivity index (χ3n) is 4.79. The molecule has 0 amide bonds. The second kappa shape index (κ2) is 7.13. The van der Waals surface area contributed by atoms with E-state index in [1.807, 2.05) is 30.3 Å². The summed E-state index contributed by atoms with van der Waals surface area (Å²) >= 11 is 0. The van der Waals surface area contributed by atoms with Gasteiger partial charge in [-0.2, -0.15) is 0 Å². The number of fused-ring (bicyclic) bond motifs is 1. The number of esters is 1. The number of carbonyl (C=O) groups is 1. The molecular weight excluding hydrogens is 318 g/mol. The fourth-order valence-electron chi connectivity index (χ4n) is 3.44. The van der Waals surface area contributed by atoms with Gasteiger partial charge in [0.25, 0.3) is 0 Å². The number of hydrogen-bond acceptors (Lipinski definition) is 5. The van der Waals surface area contributed by atoms with Gasteiger partial charge in [-0.1, -0.05) is 42.6 Å². The SMILES string of the molecule is O=C(CC1CCCCC1)OCc1cc(-c2cc3ccccc3o2)on1. The number of carbonyl (C=O) groups excluding carboxylic acids is 1. The van der Waals surface area contributed by atoms with Crippen molar-refractivity contribution < 1.29 is 18.5 Å². The van der Waals surface area contributed by atoms with Gasteiger partial charge < -0.3 is 13.7 Å². The van der Waals surface area contributed by atoms with E-state index in [4.69, 9.17) is 13.7 Å². The molecule has 1 fully saturated rings. The van der Waals surface area contributed by atoms with Crippen molar-refractivity contribution in [1.82, 2.24) is 5.16 Å². The van der Waals surface area contributed by atoms with Gasteiger partial charge in [-0.15, -0.1) is 0 Å². The van der Waals surface area contributed by atoms with E-state index in [0.29, 0.717) is 29.6 Å². The summed E-state index contributed by atoms with van der Waals surface area (Å²) in [5, 5.41) is 4.98. The van der Waals surface area contributed by atoms with Gasteiger partial charge in [0.05, 0.1) is 0 Å². The number of nitrogens with zero attached hydrogens (tertiary/aromatic N) is 1. The normalized spacial score (nSPS) is 15.5. The van der Waals surface area contributed by atoms with Crippen molar-refractivity contribution in [2.75, 3.05) is 0 Å². The summed E-state index contributed by atoms with van der Waals surface area (Å²) in [6.07, 6.45) is 6.51. The molecule has 3 aromatic rings. The van der Waals surface area contributed by atoms with Crippen LogP contribution in [0.3, 0.4) is 0 Å². The van der Waals surface area contributed by atoms with Gasteiger partial charge in [-0.25, -0.2) is 0 Å². The zero-order valence-corrected chi connectivity index (χ0v) is 14.1. The van der Waals surface area contributed by atoms with E-state index in [1.54, 1.807) is 6.07 Å². The number of benzene rings is 1. The number of ether oxygens (including phenoxy) is 1. The average Bonchev–Trinajstić information content (AvgIpc) is 3.27. The summed E-state index contributed by atoms with van der Waals surface area (Å²) in [5.41, 5.74) is 1.39. The van der Waals surface area contributed by atoms with Crippen molar-refractivity contribution in [3.8, 4) is 11.5 Å². The topological polar surface area (TPSA) is 65.5 Å². The third kappa shape index (κ3) is 3.76. The highest BCUT2D eigenvalue weighted by molar-refractivity contribution is 5.81. The molecule has 4 rings (SSSR count). The number of para-hydroxylation sites is 1. The van der Waals surface area contributed by atoms with Crippen molar-refractivity contribution in [2.45, 2.75) is 45.1 Å². The molecule has 1 aromatic carbocycles. The summed E-state index contributed by atoms with van der Waals surface area (Å²) in [4.78, 5) is 12.0. The molecule has 2 aromatic heterocycles. The van der Waals surface area contributed by atoms with Crippen LogP contribution in [-0.2, 0) is 16.1 Å². The Labute approximate surface area is 145 Å². The van der Waals surface area contributed by atoms with Gasteiger partial charge in [-0.3, -0.25) is 4.79 Å². The van der Waals surface area contributed by atoms with Crippen LogP contribution in [-0.4, -0.2) is 11.1 Å². The molecule has 1 aliphatic carbocycles. The Balaban J connectivity index is 1.35. The molecule has 1 aliphatic rings. The highest BCUT2D eigenvalue weighted by Crippen LogP contribution is 2.29. The summed E-state index contributed by atoms with van der Waals surface area (Å²) in [6.45, 7) is 0.134. The maximum absolute atomic E-state index is 12.0. The molecule has 0 unspecified atom stereocenters. The molecule has 0 aliphatic heterocycles. The first kappa shape index (κ1) is 15.9. The highest BCUT2D eigenvalue weighted by atomic mass is 16.5. The van der Waals surface area contributed by atoms with Gasteiger partial charge in [0.1, 0.15) is 17.9 Å². The molecule has 0 bridgehead atoms. The van der Waals surface area contributed by atoms with Crippen LogP contribution in [0.4, 0.5) is 0 Å². The van der Waals surface area contributed by atoms with Crippen molar-refractivity contribution in [2.24, 2.45) is 5.92 Å². The van der Waals surface area contributed by atoms with Crippen molar-refractivity contribution in [3.63, 3.8) is 0 Å². The molecule has 25 heavy (non-hydrogen) atoms. The number of furan rings is 1. The molecule has 0 saturated heterocycles. The first-order valence-corrected chi connectivity index (χ1v) is 8.88. The van der Waals surface area contributed by atoms with Crippen molar-refractivity contribution >= 4 is 16.9 Å². The molecule has 0 radical (unpaired) electrons. The predicted molar refractivity (Wildman–Crippen MR) is 92.7 cm³/mol. The minimum absolute atomic E-state index is 0.134. The lowest BCUT2D eigenvalue weighted by molar-refractivity contribution is -0.146. The van der Waals surface area contributed by atoms with Gasteiger partial charge in [0, 0.05) is 17.9 Å². The van der Waals surface area contributed by atoms with Crippen LogP contribution in [0.5, 0.6) is 0 Å². The Morgan fingerprint density at radius 3 is 2.80 bits per heavy atom. The summed E-state index contributed by atoms with van der Waals surface area (Å²) in [6, 6.07) is 11.4. The quantitative estimate of drug-likeness (QED) is 0.605. The van der Waals surface area contributed by atoms with Crippen molar-refractivity contribution in [1.29, 1.82) is 0 Å². The van der Waals surface area contributed by atoms with Crippen LogP contribution >= 0.6 is 0 Å². The second-order valence-electron chi connectivity index (χ2n) is 6.70. The smallest absolute Gasteiger partial charge is 0.306 e. The molecule has 5 heteroatoms. The molecular formula is C20H21NO4. The fourth-order valence-corrected chi connectivity index (χ4v) is 3.44. The van der Waals surface area contributed by atoms with E-state index >= 15 is 0 Å². The maximum atomic E-state index is 12.0. The third-order valence-corrected chi connectivity index (χ3v) is 4.79. The van der Waals surface area contributed by atoms with E-state index in [0.717, 1.165) is 23.8 Å². The first-order valence-electron chi connectivity index (χ1n) is 8.88. The van der Waals surface area contributed by atoms with Crippen LogP contribution in [0.1, 0.15) is 44.2 Å². The lowest BCUT2D eigenvalue weighted by atomic mass is 9.87. The van der Waals surface area contributed by atoms with E-state index in [1.165, 1.54) is 19.3 Å². The van der Waals surface area contributed by atoms with Gasteiger partial charge >= 0.3 is 5.97 Å². The fraction of sp³-hybridized carbons (Fsp3) is 0.400. The lowest BCUT2D eigenvalue weighted by Gasteiger charge is -2.20. The largest absolute Gasteiger partial charge is 0.459 e. The molecule has 1 saturated carbocycles. The highest BCUT2D eigenvalue weighted by Gasteiger charge is 2.18. The van der Waals surface area contributed by atoms with E-state index in [9.17, 15) is 4.79 Å². The minimum atomic E-state index is -0.153. The Morgan fingerprint density at radius 1 is 1.12 bits per heavy atom. The van der Waals surface area contributed by atoms with E-state index in [-0.39, 0.29) is 12.6 Å². The van der Waals surface area contributed by atoms with Crippen LogP contribution in [0.2, 0.25) is 0 Å². The number of hydrogen-bond donors (Lipinski definition) is 0. The van der Waals surface area contributed by atoms with Crippen molar-refractivity contribution in [3.05, 3.63) is 42.1 Å². The van der Waals surface area contributed by atoms with Crippen LogP contribution in [0.15, 0.2) is 45.3 Å². The maximum Gasteiger partial charge on any atom is 0.306 e. The number of rotatable bonds is 5. The van der Waals surface area contributed by atoms with Crippen LogP contribution in [0.25, 0.3) is 22.5 Å². The molecule has 2 heterocycles. The molecule has 0 N–H and O–H groups in total. The Hall–Kier alpha value is -2.56. The van der Waals surface area contributed by atoms with E-state index < -0.39 is 0 Å². The molecule has 0 atom stereocenters. The zero-order valence-electron chi connectivity index (χ0n) is 14.1. The van der Waals surface area contributed by atoms with Crippen LogP contribution in [0, 0.1) is 5.92 Å². The standard InChI is InChI=1S/C20H21NO4/c22-20(10-14-6-2-1-3-7-14)23-13-16-12-19(25-21-16)18-11-15-8-4-5-9-17(15)24-18/h4-5,8-9,11-12,14H,1-3,6-7,10,13H2. The molecule has 0 spiro atoms. The number of aromatic nitrogens is 1. The monoisotopic (exact) mass is 339 g/mol. The summed E-state index contributed by atoms with van der Waals surface area (Å²) in [7, 11) is 0. The predicted octanol–water partition coefficient (Wildman–Crippen LogP) is 5.10. The first-order chi connectivity index (χ1) is 12.3. The summed E-state index contributed by atoms with van der Waals surface area (Å²) < 4.78 is 16.4. The van der Waals surface area contributed by atoms with E-state index in [2.05, 4.69) is 5.16 Å². The minimum Gasteiger partial charge on any atom is -0.459 e. The van der Waals surface area contributed by atoms with Gasteiger partial charge in [-0.05, 0) is 30.9 Å². The van der Waals surface area contributed by atoms with Crippen LogP contribution < -0.4 is 0 Å². The average molecular weight is 339 g/mol.